The Balaban J connectivity index is 1.29. The van der Waals surface area contributed by atoms with Crippen molar-refractivity contribution in [2.24, 2.45) is 5.41 Å². The summed E-state index contributed by atoms with van der Waals surface area (Å²) in [4.78, 5) is 25.1. The average Bonchev–Trinajstić information content (AvgIpc) is 3.41. The van der Waals surface area contributed by atoms with Gasteiger partial charge in [-0.25, -0.2) is 27.6 Å². The van der Waals surface area contributed by atoms with Gasteiger partial charge in [0, 0.05) is 49.9 Å². The van der Waals surface area contributed by atoms with Crippen molar-refractivity contribution < 1.29 is 17.6 Å². The Bertz CT molecular complexity index is 1370. The number of carbonyl (C=O) groups excluding carboxylic acids is 1. The minimum atomic E-state index is -3.86. The third-order valence-electron chi connectivity index (χ3n) is 8.16. The highest BCUT2D eigenvalue weighted by molar-refractivity contribution is 7.89. The smallest absolute Gasteiger partial charge is 0.317 e. The van der Waals surface area contributed by atoms with E-state index in [0.29, 0.717) is 62.8 Å². The maximum absolute atomic E-state index is 14.3. The Morgan fingerprint density at radius 2 is 1.89 bits per heavy atom. The first kappa shape index (κ1) is 24.8. The summed E-state index contributed by atoms with van der Waals surface area (Å²) in [6.45, 7) is 6.84. The predicted molar refractivity (Wildman–Crippen MR) is 137 cm³/mol. The molecule has 3 fully saturated rings. The van der Waals surface area contributed by atoms with Gasteiger partial charge in [-0.3, -0.25) is 0 Å². The second kappa shape index (κ2) is 8.51. The van der Waals surface area contributed by atoms with Gasteiger partial charge in [-0.1, -0.05) is 25.4 Å². The first-order valence-electron chi connectivity index (χ1n) is 12.6. The molecule has 1 aliphatic carbocycles. The van der Waals surface area contributed by atoms with Crippen molar-refractivity contribution >= 4 is 39.2 Å². The van der Waals surface area contributed by atoms with Crippen LogP contribution in [-0.2, 0) is 15.4 Å². The maximum atomic E-state index is 14.3. The molecule has 0 radical (unpaired) electrons. The Morgan fingerprint density at radius 1 is 1.16 bits per heavy atom. The van der Waals surface area contributed by atoms with Gasteiger partial charge in [-0.15, -0.1) is 0 Å². The van der Waals surface area contributed by atoms with E-state index in [1.807, 2.05) is 4.90 Å². The van der Waals surface area contributed by atoms with Crippen molar-refractivity contribution in [3.8, 4) is 0 Å². The zero-order valence-corrected chi connectivity index (χ0v) is 22.4. The monoisotopic (exact) mass is 548 g/mol. The molecule has 198 valence electrons. The number of carbonyl (C=O) groups is 1. The van der Waals surface area contributed by atoms with Crippen molar-refractivity contribution in [2.75, 3.05) is 37.6 Å². The van der Waals surface area contributed by atoms with Crippen molar-refractivity contribution in [3.63, 3.8) is 0 Å². The van der Waals surface area contributed by atoms with Gasteiger partial charge in [-0.2, -0.15) is 4.31 Å². The maximum Gasteiger partial charge on any atom is 0.317 e. The van der Waals surface area contributed by atoms with Gasteiger partial charge in [0.25, 0.3) is 10.0 Å². The minimum Gasteiger partial charge on any atom is -0.336 e. The summed E-state index contributed by atoms with van der Waals surface area (Å²) in [6.07, 6.45) is 4.15. The summed E-state index contributed by atoms with van der Waals surface area (Å²) in [7, 11) is -3.86. The number of rotatable bonds is 4. The van der Waals surface area contributed by atoms with Crippen LogP contribution in [0.15, 0.2) is 29.4 Å². The number of benzene rings is 1. The topological polar surface area (TPSA) is 98.7 Å². The van der Waals surface area contributed by atoms with E-state index < -0.39 is 15.8 Å². The largest absolute Gasteiger partial charge is 0.336 e. The van der Waals surface area contributed by atoms with Gasteiger partial charge in [-0.05, 0) is 49.3 Å². The lowest BCUT2D eigenvalue weighted by Crippen LogP contribution is -2.49. The third kappa shape index (κ3) is 4.06. The molecular formula is C25H30ClFN6O3S. The molecule has 12 heteroatoms. The SMILES string of the molecule is CC1(C)CC2(CN(c3ccc(Cl)c(F)c3)c3ncc(S(=O)(=O)N4CCC(N5CCNC5=O)CC4)nc32)C1. The molecule has 3 aliphatic heterocycles. The van der Waals surface area contributed by atoms with E-state index in [2.05, 4.69) is 24.1 Å². The molecule has 37 heavy (non-hydrogen) atoms. The van der Waals surface area contributed by atoms with Crippen LogP contribution in [0.4, 0.5) is 20.7 Å². The van der Waals surface area contributed by atoms with E-state index in [0.717, 1.165) is 12.8 Å². The Labute approximate surface area is 221 Å². The molecule has 1 saturated carbocycles. The number of sulfonamides is 1. The molecule has 0 atom stereocenters. The van der Waals surface area contributed by atoms with Gasteiger partial charge in [0.05, 0.1) is 16.9 Å². The lowest BCUT2D eigenvalue weighted by atomic mass is 9.54. The molecule has 1 aromatic heterocycles. The van der Waals surface area contributed by atoms with E-state index in [9.17, 15) is 17.6 Å². The zero-order chi connectivity index (χ0) is 26.2. The van der Waals surface area contributed by atoms with Crippen LogP contribution in [0, 0.1) is 11.2 Å². The number of anilines is 2. The van der Waals surface area contributed by atoms with Crippen LogP contribution < -0.4 is 10.2 Å². The fourth-order valence-electron chi connectivity index (χ4n) is 6.78. The predicted octanol–water partition coefficient (Wildman–Crippen LogP) is 3.66. The fraction of sp³-hybridized carbons (Fsp3) is 0.560. The van der Waals surface area contributed by atoms with E-state index in [-0.39, 0.29) is 33.0 Å². The summed E-state index contributed by atoms with van der Waals surface area (Å²) in [6, 6.07) is 4.60. The number of piperidine rings is 1. The number of amides is 2. The molecule has 4 aliphatic rings. The van der Waals surface area contributed by atoms with Crippen LogP contribution in [-0.4, -0.2) is 72.4 Å². The number of aromatic nitrogens is 2. The highest BCUT2D eigenvalue weighted by atomic mass is 35.5. The summed E-state index contributed by atoms with van der Waals surface area (Å²) in [5.74, 6) is 0.0486. The van der Waals surface area contributed by atoms with Gasteiger partial charge in [0.15, 0.2) is 10.8 Å². The standard InChI is InChI=1S/C25H30ClFN6O3S/c1-24(2)13-25(14-24)15-33(17-3-4-18(26)19(27)11-17)22-21(25)30-20(12-29-22)37(35,36)31-8-5-16(6-9-31)32-10-7-28-23(32)34/h3-4,11-12,16H,5-10,13-15H2,1-2H3,(H,28,34). The normalized spacial score (nSPS) is 23.3. The van der Waals surface area contributed by atoms with E-state index in [1.165, 1.54) is 22.6 Å². The van der Waals surface area contributed by atoms with Crippen molar-refractivity contribution in [3.05, 3.63) is 40.9 Å². The van der Waals surface area contributed by atoms with Crippen molar-refractivity contribution in [1.29, 1.82) is 0 Å². The second-order valence-corrected chi connectivity index (χ2v) is 13.7. The number of nitrogens with zero attached hydrogens (tertiary/aromatic N) is 5. The van der Waals surface area contributed by atoms with Crippen LogP contribution in [0.3, 0.4) is 0 Å². The van der Waals surface area contributed by atoms with Crippen LogP contribution in [0.1, 0.15) is 45.2 Å². The fourth-order valence-corrected chi connectivity index (χ4v) is 8.25. The lowest BCUT2D eigenvalue weighted by molar-refractivity contribution is 0.0667. The van der Waals surface area contributed by atoms with Crippen molar-refractivity contribution in [1.82, 2.24) is 24.5 Å². The van der Waals surface area contributed by atoms with Gasteiger partial charge < -0.3 is 15.1 Å². The minimum absolute atomic E-state index is 0.0360. The summed E-state index contributed by atoms with van der Waals surface area (Å²) in [5, 5.41) is 2.80. The molecule has 1 aromatic carbocycles. The summed E-state index contributed by atoms with van der Waals surface area (Å²) in [5.41, 5.74) is 1.03. The number of halogens is 2. The number of hydrogen-bond acceptors (Lipinski definition) is 6. The Morgan fingerprint density at radius 3 is 2.51 bits per heavy atom. The molecule has 0 bridgehead atoms. The van der Waals surface area contributed by atoms with Gasteiger partial charge in [0.2, 0.25) is 0 Å². The first-order valence-corrected chi connectivity index (χ1v) is 14.5. The molecule has 2 amide bonds. The van der Waals surface area contributed by atoms with Crippen molar-refractivity contribution in [2.45, 2.75) is 56.0 Å². The van der Waals surface area contributed by atoms with Crippen LogP contribution in [0.2, 0.25) is 5.02 Å². The first-order chi connectivity index (χ1) is 17.5. The molecule has 9 nitrogen and oxygen atoms in total. The lowest BCUT2D eigenvalue weighted by Gasteiger charge is -2.51. The molecule has 6 rings (SSSR count). The second-order valence-electron chi connectivity index (χ2n) is 11.4. The Hall–Kier alpha value is -2.50. The third-order valence-corrected chi connectivity index (χ3v) is 10.2. The number of nitrogens with one attached hydrogen (secondary N) is 1. The number of fused-ring (bicyclic) bond motifs is 2. The average molecular weight is 549 g/mol. The summed E-state index contributed by atoms with van der Waals surface area (Å²) < 4.78 is 43.0. The molecule has 2 aromatic rings. The summed E-state index contributed by atoms with van der Waals surface area (Å²) >= 11 is 5.90. The van der Waals surface area contributed by atoms with E-state index in [4.69, 9.17) is 16.6 Å². The van der Waals surface area contributed by atoms with Crippen LogP contribution in [0.5, 0.6) is 0 Å². The van der Waals surface area contributed by atoms with E-state index in [1.54, 1.807) is 11.0 Å². The quantitative estimate of drug-likeness (QED) is 0.626. The molecule has 0 unspecified atom stereocenters. The molecule has 4 heterocycles. The molecule has 1 spiro atoms. The molecular weight excluding hydrogens is 519 g/mol. The molecule has 1 N–H and O–H groups in total. The van der Waals surface area contributed by atoms with Crippen LogP contribution >= 0.6 is 11.6 Å². The number of urea groups is 1. The molecule has 2 saturated heterocycles. The van der Waals surface area contributed by atoms with E-state index >= 15 is 0 Å². The number of hydrogen-bond donors (Lipinski definition) is 1. The highest BCUT2D eigenvalue weighted by Crippen LogP contribution is 2.60. The zero-order valence-electron chi connectivity index (χ0n) is 20.9. The highest BCUT2D eigenvalue weighted by Gasteiger charge is 2.57. The Kier molecular flexibility index (Phi) is 5.70. The van der Waals surface area contributed by atoms with Gasteiger partial charge >= 0.3 is 6.03 Å². The van der Waals surface area contributed by atoms with Gasteiger partial charge in [0.1, 0.15) is 5.82 Å². The van der Waals surface area contributed by atoms with Crippen LogP contribution in [0.25, 0.3) is 0 Å².